The fourth-order valence-corrected chi connectivity index (χ4v) is 3.11. The van der Waals surface area contributed by atoms with Gasteiger partial charge in [0.2, 0.25) is 5.89 Å². The molecule has 0 amide bonds. The summed E-state index contributed by atoms with van der Waals surface area (Å²) < 4.78 is 6.15. The van der Waals surface area contributed by atoms with Gasteiger partial charge in [-0.2, -0.15) is 0 Å². The van der Waals surface area contributed by atoms with Crippen molar-refractivity contribution in [1.29, 1.82) is 0 Å². The normalized spacial score (nSPS) is 17.5. The van der Waals surface area contributed by atoms with E-state index < -0.39 is 6.10 Å². The van der Waals surface area contributed by atoms with Crippen molar-refractivity contribution in [2.75, 3.05) is 0 Å². The number of aliphatic hydroxyl groups excluding tert-OH is 1. The quantitative estimate of drug-likeness (QED) is 0.744. The van der Waals surface area contributed by atoms with E-state index in [-0.39, 0.29) is 0 Å². The Morgan fingerprint density at radius 2 is 1.58 bits per heavy atom. The molecule has 0 saturated heterocycles. The fraction of sp³-hybridized carbons (Fsp3) is 0.190. The first-order valence-electron chi connectivity index (χ1n) is 8.32. The number of hydrogen-bond acceptors (Lipinski definition) is 3. The fourth-order valence-electron chi connectivity index (χ4n) is 3.11. The van der Waals surface area contributed by atoms with Crippen molar-refractivity contribution in [3.63, 3.8) is 0 Å². The van der Waals surface area contributed by atoms with E-state index in [2.05, 4.69) is 0 Å². The lowest BCUT2D eigenvalue weighted by atomic mass is 9.97. The Hall–Kier alpha value is -2.65. The van der Waals surface area contributed by atoms with Gasteiger partial charge in [0.15, 0.2) is 5.76 Å². The molecule has 1 N–H and O–H groups in total. The summed E-state index contributed by atoms with van der Waals surface area (Å²) >= 11 is 0. The van der Waals surface area contributed by atoms with E-state index >= 15 is 0 Å². The largest absolute Gasteiger partial charge is 0.436 e. The van der Waals surface area contributed by atoms with Gasteiger partial charge in [0.1, 0.15) is 5.69 Å². The molecule has 4 rings (SSSR count). The molecule has 0 bridgehead atoms. The minimum absolute atomic E-state index is 0.402. The van der Waals surface area contributed by atoms with Gasteiger partial charge >= 0.3 is 0 Å². The van der Waals surface area contributed by atoms with Crippen LogP contribution in [0.3, 0.4) is 0 Å². The van der Waals surface area contributed by atoms with Crippen LogP contribution in [0.4, 0.5) is 0 Å². The van der Waals surface area contributed by atoms with Gasteiger partial charge in [0.25, 0.3) is 0 Å². The Kier molecular flexibility index (Phi) is 4.01. The molecule has 2 aromatic carbocycles. The van der Waals surface area contributed by atoms with Crippen molar-refractivity contribution in [2.24, 2.45) is 0 Å². The van der Waals surface area contributed by atoms with Gasteiger partial charge in [0, 0.05) is 16.7 Å². The second kappa shape index (κ2) is 6.46. The summed E-state index contributed by atoms with van der Waals surface area (Å²) in [5.41, 5.74) is 3.88. The Labute approximate surface area is 141 Å². The lowest BCUT2D eigenvalue weighted by molar-refractivity contribution is 0.205. The molecule has 3 heteroatoms. The molecule has 0 fully saturated rings. The van der Waals surface area contributed by atoms with Gasteiger partial charge in [-0.1, -0.05) is 60.7 Å². The number of aliphatic hydroxyl groups is 1. The average molecular weight is 317 g/mol. The molecule has 0 spiro atoms. The lowest BCUT2D eigenvalue weighted by Gasteiger charge is -2.14. The third kappa shape index (κ3) is 2.91. The number of hydrogen-bond donors (Lipinski definition) is 1. The van der Waals surface area contributed by atoms with Crippen LogP contribution in [0.15, 0.2) is 71.2 Å². The van der Waals surface area contributed by atoms with Crippen LogP contribution in [0.5, 0.6) is 0 Å². The smallest absolute Gasteiger partial charge is 0.223 e. The van der Waals surface area contributed by atoms with Gasteiger partial charge < -0.3 is 9.52 Å². The molecule has 24 heavy (non-hydrogen) atoms. The third-order valence-corrected chi connectivity index (χ3v) is 4.32. The highest BCUT2D eigenvalue weighted by Gasteiger charge is 2.21. The highest BCUT2D eigenvalue weighted by Crippen LogP contribution is 2.36. The molecular weight excluding hydrogens is 298 g/mol. The van der Waals surface area contributed by atoms with E-state index in [0.717, 1.165) is 47.4 Å². The minimum atomic E-state index is -0.402. The maximum absolute atomic E-state index is 9.91. The lowest BCUT2D eigenvalue weighted by Crippen LogP contribution is -2.08. The molecule has 1 atom stereocenters. The van der Waals surface area contributed by atoms with Crippen LogP contribution in [0, 0.1) is 0 Å². The standard InChI is InChI=1S/C21H19NO2/c23-18-13-7-12-17(14-18)21-22-19(15-8-3-1-4-9-15)20(24-21)16-10-5-2-6-11-16/h1-6,8-11,14,18,23H,7,12-13H2/t18-/m0/s1. The summed E-state index contributed by atoms with van der Waals surface area (Å²) in [6.45, 7) is 0. The Morgan fingerprint density at radius 1 is 0.917 bits per heavy atom. The first kappa shape index (κ1) is 14.9. The third-order valence-electron chi connectivity index (χ3n) is 4.32. The van der Waals surface area contributed by atoms with Gasteiger partial charge in [-0.15, -0.1) is 0 Å². The zero-order valence-corrected chi connectivity index (χ0v) is 13.4. The molecule has 120 valence electrons. The van der Waals surface area contributed by atoms with Crippen molar-refractivity contribution in [2.45, 2.75) is 25.4 Å². The Balaban J connectivity index is 1.85. The molecule has 1 heterocycles. The number of rotatable bonds is 3. The summed E-state index contributed by atoms with van der Waals surface area (Å²) in [6, 6.07) is 20.1. The van der Waals surface area contributed by atoms with E-state index in [1.54, 1.807) is 0 Å². The predicted octanol–water partition coefficient (Wildman–Crippen LogP) is 4.94. The number of nitrogens with zero attached hydrogens (tertiary/aromatic N) is 1. The SMILES string of the molecule is O[C@@H]1C=C(c2nc(-c3ccccc3)c(-c3ccccc3)o2)CCC1. The predicted molar refractivity (Wildman–Crippen MR) is 95.2 cm³/mol. The number of aromatic nitrogens is 1. The first-order valence-corrected chi connectivity index (χ1v) is 8.32. The average Bonchev–Trinajstić information content (AvgIpc) is 3.09. The van der Waals surface area contributed by atoms with Crippen molar-refractivity contribution in [3.8, 4) is 22.6 Å². The van der Waals surface area contributed by atoms with Crippen LogP contribution < -0.4 is 0 Å². The summed E-state index contributed by atoms with van der Waals surface area (Å²) in [6.07, 6.45) is 4.12. The van der Waals surface area contributed by atoms with Crippen LogP contribution in [0.2, 0.25) is 0 Å². The minimum Gasteiger partial charge on any atom is -0.436 e. The van der Waals surface area contributed by atoms with Crippen LogP contribution in [-0.2, 0) is 0 Å². The zero-order valence-electron chi connectivity index (χ0n) is 13.4. The maximum atomic E-state index is 9.91. The molecule has 3 aromatic rings. The molecule has 1 aliphatic carbocycles. The van der Waals surface area contributed by atoms with Crippen molar-refractivity contribution in [3.05, 3.63) is 72.6 Å². The molecule has 1 aromatic heterocycles. The maximum Gasteiger partial charge on any atom is 0.223 e. The van der Waals surface area contributed by atoms with Crippen molar-refractivity contribution in [1.82, 2.24) is 4.98 Å². The Morgan fingerprint density at radius 3 is 2.25 bits per heavy atom. The zero-order chi connectivity index (χ0) is 16.4. The van der Waals surface area contributed by atoms with E-state index in [9.17, 15) is 5.11 Å². The van der Waals surface area contributed by atoms with Crippen LogP contribution >= 0.6 is 0 Å². The van der Waals surface area contributed by atoms with E-state index in [0.29, 0.717) is 5.89 Å². The number of benzene rings is 2. The molecule has 0 aliphatic heterocycles. The molecule has 3 nitrogen and oxygen atoms in total. The molecular formula is C21H19NO2. The van der Waals surface area contributed by atoms with E-state index in [4.69, 9.17) is 9.40 Å². The number of oxazole rings is 1. The molecule has 0 saturated carbocycles. The van der Waals surface area contributed by atoms with Gasteiger partial charge in [-0.25, -0.2) is 4.98 Å². The highest BCUT2D eigenvalue weighted by atomic mass is 16.4. The number of allylic oxidation sites excluding steroid dienone is 1. The molecule has 0 unspecified atom stereocenters. The summed E-state index contributed by atoms with van der Waals surface area (Å²) in [4.78, 5) is 4.77. The van der Waals surface area contributed by atoms with Gasteiger partial charge in [-0.05, 0) is 25.3 Å². The van der Waals surface area contributed by atoms with Crippen LogP contribution in [-0.4, -0.2) is 16.2 Å². The second-order valence-electron chi connectivity index (χ2n) is 6.08. The van der Waals surface area contributed by atoms with Gasteiger partial charge in [-0.3, -0.25) is 0 Å². The Bertz CT molecular complexity index is 793. The summed E-state index contributed by atoms with van der Waals surface area (Å²) in [5.74, 6) is 1.39. The van der Waals surface area contributed by atoms with E-state index in [1.807, 2.05) is 66.7 Å². The van der Waals surface area contributed by atoms with Gasteiger partial charge in [0.05, 0.1) is 6.10 Å². The summed E-state index contributed by atoms with van der Waals surface area (Å²) in [7, 11) is 0. The van der Waals surface area contributed by atoms with Crippen LogP contribution in [0.1, 0.15) is 25.2 Å². The summed E-state index contributed by atoms with van der Waals surface area (Å²) in [5, 5.41) is 9.91. The van der Waals surface area contributed by atoms with E-state index in [1.165, 1.54) is 0 Å². The first-order chi connectivity index (χ1) is 11.8. The van der Waals surface area contributed by atoms with Crippen molar-refractivity contribution < 1.29 is 9.52 Å². The molecule has 1 aliphatic rings. The molecule has 0 radical (unpaired) electrons. The topological polar surface area (TPSA) is 46.3 Å². The van der Waals surface area contributed by atoms with Crippen molar-refractivity contribution >= 4 is 5.57 Å². The van der Waals surface area contributed by atoms with Crippen LogP contribution in [0.25, 0.3) is 28.2 Å². The monoisotopic (exact) mass is 317 g/mol. The second-order valence-corrected chi connectivity index (χ2v) is 6.08. The highest BCUT2D eigenvalue weighted by molar-refractivity contribution is 5.78.